The standard InChI is InChI=1S/C17H18ClNO2S/c1-3-21-14-6-4-13(5-7-14)12(2)19-17(20)11-9-15-8-10-16(18)22-15/h4-12H,3H2,1-2H3,(H,19,20)/b11-9+. The molecule has 3 nitrogen and oxygen atoms in total. The SMILES string of the molecule is CCOc1ccc(C(C)NC(=O)/C=C/c2ccc(Cl)s2)cc1. The van der Waals surface area contributed by atoms with E-state index in [4.69, 9.17) is 16.3 Å². The summed E-state index contributed by atoms with van der Waals surface area (Å²) in [6.45, 7) is 4.54. The molecule has 2 rings (SSSR count). The summed E-state index contributed by atoms with van der Waals surface area (Å²) >= 11 is 7.29. The van der Waals surface area contributed by atoms with Crippen LogP contribution in [0.15, 0.2) is 42.5 Å². The summed E-state index contributed by atoms with van der Waals surface area (Å²) in [6, 6.07) is 11.4. The van der Waals surface area contributed by atoms with Crippen LogP contribution in [0.2, 0.25) is 4.34 Å². The first kappa shape index (κ1) is 16.6. The second-order valence-electron chi connectivity index (χ2n) is 4.71. The van der Waals surface area contributed by atoms with E-state index in [1.54, 1.807) is 6.08 Å². The fraction of sp³-hybridized carbons (Fsp3) is 0.235. The zero-order chi connectivity index (χ0) is 15.9. The van der Waals surface area contributed by atoms with Crippen LogP contribution in [0, 0.1) is 0 Å². The van der Waals surface area contributed by atoms with Crippen LogP contribution < -0.4 is 10.1 Å². The lowest BCUT2D eigenvalue weighted by Gasteiger charge is -2.13. The summed E-state index contributed by atoms with van der Waals surface area (Å²) in [5, 5.41) is 2.93. The Morgan fingerprint density at radius 1 is 1.32 bits per heavy atom. The molecule has 22 heavy (non-hydrogen) atoms. The van der Waals surface area contributed by atoms with E-state index in [9.17, 15) is 4.79 Å². The van der Waals surface area contributed by atoms with Crippen LogP contribution in [-0.4, -0.2) is 12.5 Å². The second-order valence-corrected chi connectivity index (χ2v) is 6.45. The number of carbonyl (C=O) groups excluding carboxylic acids is 1. The van der Waals surface area contributed by atoms with Gasteiger partial charge in [-0.15, -0.1) is 11.3 Å². The smallest absolute Gasteiger partial charge is 0.244 e. The molecular formula is C17H18ClNO2S. The highest BCUT2D eigenvalue weighted by Crippen LogP contribution is 2.22. The Morgan fingerprint density at radius 2 is 2.05 bits per heavy atom. The molecular weight excluding hydrogens is 318 g/mol. The molecule has 0 spiro atoms. The fourth-order valence-corrected chi connectivity index (χ4v) is 2.90. The van der Waals surface area contributed by atoms with Gasteiger partial charge in [0.15, 0.2) is 0 Å². The quantitative estimate of drug-likeness (QED) is 0.778. The summed E-state index contributed by atoms with van der Waals surface area (Å²) in [6.07, 6.45) is 3.28. The van der Waals surface area contributed by atoms with Gasteiger partial charge in [-0.1, -0.05) is 23.7 Å². The number of amides is 1. The Labute approximate surface area is 139 Å². The molecule has 0 fully saturated rings. The fourth-order valence-electron chi connectivity index (χ4n) is 1.94. The Balaban J connectivity index is 1.91. The third kappa shape index (κ3) is 4.90. The van der Waals surface area contributed by atoms with Gasteiger partial charge in [0.2, 0.25) is 5.91 Å². The van der Waals surface area contributed by atoms with E-state index in [0.717, 1.165) is 16.2 Å². The van der Waals surface area contributed by atoms with E-state index in [2.05, 4.69) is 5.32 Å². The maximum Gasteiger partial charge on any atom is 0.244 e. The predicted octanol–water partition coefficient (Wildman–Crippen LogP) is 4.69. The van der Waals surface area contributed by atoms with E-state index in [-0.39, 0.29) is 11.9 Å². The topological polar surface area (TPSA) is 38.3 Å². The minimum absolute atomic E-state index is 0.0697. The van der Waals surface area contributed by atoms with Gasteiger partial charge in [-0.05, 0) is 49.8 Å². The number of thiophene rings is 1. The van der Waals surface area contributed by atoms with Crippen LogP contribution in [0.4, 0.5) is 0 Å². The summed E-state index contributed by atoms with van der Waals surface area (Å²) in [4.78, 5) is 12.9. The van der Waals surface area contributed by atoms with E-state index in [0.29, 0.717) is 10.9 Å². The average Bonchev–Trinajstić information content (AvgIpc) is 2.92. The number of hydrogen-bond donors (Lipinski definition) is 1. The summed E-state index contributed by atoms with van der Waals surface area (Å²) in [5.74, 6) is 0.699. The van der Waals surface area contributed by atoms with Gasteiger partial charge in [0.05, 0.1) is 17.0 Å². The van der Waals surface area contributed by atoms with Crippen LogP contribution in [0.5, 0.6) is 5.75 Å². The first-order chi connectivity index (χ1) is 10.6. The molecule has 0 aliphatic heterocycles. The van der Waals surface area contributed by atoms with Crippen LogP contribution >= 0.6 is 22.9 Å². The second kappa shape index (κ2) is 8.01. The van der Waals surface area contributed by atoms with Gasteiger partial charge in [0.25, 0.3) is 0 Å². The van der Waals surface area contributed by atoms with Crippen molar-refractivity contribution in [2.24, 2.45) is 0 Å². The predicted molar refractivity (Wildman–Crippen MR) is 92.5 cm³/mol. The summed E-state index contributed by atoms with van der Waals surface area (Å²) < 4.78 is 6.11. The van der Waals surface area contributed by atoms with Gasteiger partial charge in [-0.3, -0.25) is 4.79 Å². The molecule has 1 N–H and O–H groups in total. The normalized spacial score (nSPS) is 12.3. The van der Waals surface area contributed by atoms with Crippen molar-refractivity contribution in [3.05, 3.63) is 57.3 Å². The molecule has 0 aliphatic carbocycles. The highest BCUT2D eigenvalue weighted by Gasteiger charge is 2.07. The molecule has 1 aromatic carbocycles. The molecule has 0 saturated carbocycles. The van der Waals surface area contributed by atoms with Crippen molar-refractivity contribution in [1.29, 1.82) is 0 Å². The van der Waals surface area contributed by atoms with Crippen molar-refractivity contribution >= 4 is 34.9 Å². The molecule has 0 radical (unpaired) electrons. The number of carbonyl (C=O) groups is 1. The van der Waals surface area contributed by atoms with E-state index >= 15 is 0 Å². The van der Waals surface area contributed by atoms with Crippen LogP contribution in [-0.2, 0) is 4.79 Å². The number of benzene rings is 1. The number of nitrogens with one attached hydrogen (secondary N) is 1. The van der Waals surface area contributed by atoms with Gasteiger partial charge in [0, 0.05) is 11.0 Å². The van der Waals surface area contributed by atoms with Gasteiger partial charge in [-0.25, -0.2) is 0 Å². The van der Waals surface area contributed by atoms with E-state index < -0.39 is 0 Å². The molecule has 1 heterocycles. The number of halogens is 1. The molecule has 0 saturated heterocycles. The minimum atomic E-state index is -0.133. The number of ether oxygens (including phenoxy) is 1. The minimum Gasteiger partial charge on any atom is -0.494 e. The van der Waals surface area contributed by atoms with Crippen molar-refractivity contribution in [3.63, 3.8) is 0 Å². The van der Waals surface area contributed by atoms with Crippen molar-refractivity contribution in [2.75, 3.05) is 6.61 Å². The summed E-state index contributed by atoms with van der Waals surface area (Å²) in [7, 11) is 0. The van der Waals surface area contributed by atoms with Crippen molar-refractivity contribution < 1.29 is 9.53 Å². The largest absolute Gasteiger partial charge is 0.494 e. The zero-order valence-electron chi connectivity index (χ0n) is 12.5. The molecule has 1 atom stereocenters. The lowest BCUT2D eigenvalue weighted by Crippen LogP contribution is -2.24. The molecule has 1 amide bonds. The Hall–Kier alpha value is -1.78. The molecule has 1 aromatic heterocycles. The lowest BCUT2D eigenvalue weighted by atomic mass is 10.1. The van der Waals surface area contributed by atoms with Crippen LogP contribution in [0.1, 0.15) is 30.3 Å². The maximum atomic E-state index is 11.9. The molecule has 0 bridgehead atoms. The van der Waals surface area contributed by atoms with Crippen molar-refractivity contribution in [1.82, 2.24) is 5.32 Å². The monoisotopic (exact) mass is 335 g/mol. The summed E-state index contributed by atoms with van der Waals surface area (Å²) in [5.41, 5.74) is 1.03. The molecule has 0 aliphatic rings. The van der Waals surface area contributed by atoms with Gasteiger partial charge >= 0.3 is 0 Å². The first-order valence-corrected chi connectivity index (χ1v) is 8.24. The van der Waals surface area contributed by atoms with Crippen LogP contribution in [0.3, 0.4) is 0 Å². The molecule has 5 heteroatoms. The highest BCUT2D eigenvalue weighted by molar-refractivity contribution is 7.17. The molecule has 2 aromatic rings. The maximum absolute atomic E-state index is 11.9. The van der Waals surface area contributed by atoms with Crippen molar-refractivity contribution in [2.45, 2.75) is 19.9 Å². The highest BCUT2D eigenvalue weighted by atomic mass is 35.5. The van der Waals surface area contributed by atoms with Gasteiger partial charge < -0.3 is 10.1 Å². The molecule has 116 valence electrons. The van der Waals surface area contributed by atoms with Gasteiger partial charge in [0.1, 0.15) is 5.75 Å². The first-order valence-electron chi connectivity index (χ1n) is 7.05. The number of rotatable bonds is 6. The van der Waals surface area contributed by atoms with Crippen LogP contribution in [0.25, 0.3) is 6.08 Å². The average molecular weight is 336 g/mol. The number of hydrogen-bond acceptors (Lipinski definition) is 3. The third-order valence-electron chi connectivity index (χ3n) is 3.04. The Kier molecular flexibility index (Phi) is 6.04. The Bertz CT molecular complexity index is 649. The van der Waals surface area contributed by atoms with E-state index in [1.165, 1.54) is 17.4 Å². The zero-order valence-corrected chi connectivity index (χ0v) is 14.1. The van der Waals surface area contributed by atoms with Gasteiger partial charge in [-0.2, -0.15) is 0 Å². The van der Waals surface area contributed by atoms with E-state index in [1.807, 2.05) is 50.2 Å². The Morgan fingerprint density at radius 3 is 2.64 bits per heavy atom. The third-order valence-corrected chi connectivity index (χ3v) is 4.24. The van der Waals surface area contributed by atoms with Crippen molar-refractivity contribution in [3.8, 4) is 5.75 Å². The molecule has 1 unspecified atom stereocenters. The lowest BCUT2D eigenvalue weighted by molar-refractivity contribution is -0.117.